The summed E-state index contributed by atoms with van der Waals surface area (Å²) in [7, 11) is 0. The highest BCUT2D eigenvalue weighted by Crippen LogP contribution is 2.20. The van der Waals surface area contributed by atoms with Gasteiger partial charge in [-0.2, -0.15) is 0 Å². The quantitative estimate of drug-likeness (QED) is 0.517. The molecule has 6 N–H and O–H groups in total. The SMILES string of the molecule is C[C@H](N)C(O)CCC1=CCC(N)C(C=N)=C1. The smallest absolute Gasteiger partial charge is 0.0691 e. The zero-order chi connectivity index (χ0) is 12.1. The third kappa shape index (κ3) is 3.56. The Hall–Kier alpha value is -0.970. The largest absolute Gasteiger partial charge is 0.392 e. The number of nitrogens with two attached hydrogens (primary N) is 2. The molecule has 0 amide bonds. The van der Waals surface area contributed by atoms with Crippen molar-refractivity contribution in [1.82, 2.24) is 0 Å². The number of nitrogens with one attached hydrogen (secondary N) is 1. The van der Waals surface area contributed by atoms with Crippen molar-refractivity contribution in [2.45, 2.75) is 44.4 Å². The molecule has 0 spiro atoms. The molecular weight excluding hydrogens is 202 g/mol. The minimum absolute atomic E-state index is 0.0559. The van der Waals surface area contributed by atoms with Crippen molar-refractivity contribution in [1.29, 1.82) is 5.41 Å². The Balaban J connectivity index is 2.50. The van der Waals surface area contributed by atoms with Gasteiger partial charge in [0, 0.05) is 18.3 Å². The lowest BCUT2D eigenvalue weighted by molar-refractivity contribution is 0.142. The summed E-state index contributed by atoms with van der Waals surface area (Å²) >= 11 is 0. The average molecular weight is 223 g/mol. The van der Waals surface area contributed by atoms with Crippen LogP contribution in [0.3, 0.4) is 0 Å². The van der Waals surface area contributed by atoms with Crippen molar-refractivity contribution in [3.05, 3.63) is 23.3 Å². The molecule has 0 aromatic carbocycles. The fourth-order valence-electron chi connectivity index (χ4n) is 1.69. The van der Waals surface area contributed by atoms with Crippen LogP contribution in [-0.4, -0.2) is 29.5 Å². The van der Waals surface area contributed by atoms with E-state index in [-0.39, 0.29) is 12.1 Å². The van der Waals surface area contributed by atoms with Crippen molar-refractivity contribution >= 4 is 6.21 Å². The molecule has 1 rings (SSSR count). The van der Waals surface area contributed by atoms with Crippen molar-refractivity contribution in [2.75, 3.05) is 0 Å². The van der Waals surface area contributed by atoms with Gasteiger partial charge < -0.3 is 22.0 Å². The van der Waals surface area contributed by atoms with Crippen molar-refractivity contribution in [3.8, 4) is 0 Å². The molecule has 2 unspecified atom stereocenters. The van der Waals surface area contributed by atoms with Gasteiger partial charge in [-0.25, -0.2) is 0 Å². The van der Waals surface area contributed by atoms with E-state index >= 15 is 0 Å². The number of aliphatic hydroxyl groups is 1. The summed E-state index contributed by atoms with van der Waals surface area (Å²) < 4.78 is 0. The van der Waals surface area contributed by atoms with E-state index in [4.69, 9.17) is 16.9 Å². The second-order valence-electron chi connectivity index (χ2n) is 4.38. The average Bonchev–Trinajstić information content (AvgIpc) is 2.27. The van der Waals surface area contributed by atoms with Gasteiger partial charge in [0.1, 0.15) is 0 Å². The molecule has 0 radical (unpaired) electrons. The Bertz CT molecular complexity index is 307. The Morgan fingerprint density at radius 1 is 1.69 bits per heavy atom. The molecule has 0 heterocycles. The highest BCUT2D eigenvalue weighted by atomic mass is 16.3. The van der Waals surface area contributed by atoms with E-state index in [1.165, 1.54) is 6.21 Å². The molecule has 0 aromatic rings. The standard InChI is InChI=1S/C12H21N3O/c1-8(14)12(16)5-3-9-2-4-11(15)10(6-9)7-13/h2,6-8,11-13,16H,3-5,14-15H2,1H3/t8-,11?,12?/m0/s1. The summed E-state index contributed by atoms with van der Waals surface area (Å²) in [6.45, 7) is 1.80. The zero-order valence-electron chi connectivity index (χ0n) is 9.69. The summed E-state index contributed by atoms with van der Waals surface area (Å²) in [5, 5.41) is 16.8. The first-order chi connectivity index (χ1) is 7.54. The first-order valence-corrected chi connectivity index (χ1v) is 5.65. The summed E-state index contributed by atoms with van der Waals surface area (Å²) in [5.41, 5.74) is 13.4. The van der Waals surface area contributed by atoms with Gasteiger partial charge in [-0.1, -0.05) is 17.7 Å². The van der Waals surface area contributed by atoms with Crippen molar-refractivity contribution in [2.24, 2.45) is 11.5 Å². The Kier molecular flexibility index (Phi) is 4.86. The predicted octanol–water partition coefficient (Wildman–Crippen LogP) is 0.708. The maximum absolute atomic E-state index is 9.59. The van der Waals surface area contributed by atoms with Gasteiger partial charge in [0.05, 0.1) is 6.10 Å². The first kappa shape index (κ1) is 13.1. The van der Waals surface area contributed by atoms with E-state index in [0.717, 1.165) is 24.0 Å². The van der Waals surface area contributed by atoms with Gasteiger partial charge >= 0.3 is 0 Å². The van der Waals surface area contributed by atoms with Crippen molar-refractivity contribution < 1.29 is 5.11 Å². The third-order valence-corrected chi connectivity index (χ3v) is 2.92. The maximum atomic E-state index is 9.59. The fourth-order valence-corrected chi connectivity index (χ4v) is 1.69. The number of allylic oxidation sites excluding steroid dienone is 2. The molecule has 0 aromatic heterocycles. The van der Waals surface area contributed by atoms with Crippen LogP contribution in [0.5, 0.6) is 0 Å². The second kappa shape index (κ2) is 5.94. The summed E-state index contributed by atoms with van der Waals surface area (Å²) in [4.78, 5) is 0. The normalized spacial score (nSPS) is 24.4. The van der Waals surface area contributed by atoms with Crippen molar-refractivity contribution in [3.63, 3.8) is 0 Å². The first-order valence-electron chi connectivity index (χ1n) is 5.65. The maximum Gasteiger partial charge on any atom is 0.0691 e. The van der Waals surface area contributed by atoms with E-state index in [9.17, 15) is 5.11 Å². The molecule has 0 saturated carbocycles. The Labute approximate surface area is 96.5 Å². The van der Waals surface area contributed by atoms with Crippen LogP contribution in [0.4, 0.5) is 0 Å². The van der Waals surface area contributed by atoms with Gasteiger partial charge in [-0.05, 0) is 31.8 Å². The Morgan fingerprint density at radius 2 is 2.38 bits per heavy atom. The van der Waals surface area contributed by atoms with Crippen LogP contribution >= 0.6 is 0 Å². The summed E-state index contributed by atoms with van der Waals surface area (Å²) in [6, 6.07) is -0.253. The minimum atomic E-state index is -0.465. The van der Waals surface area contributed by atoms with Gasteiger partial charge in [-0.15, -0.1) is 0 Å². The molecular formula is C12H21N3O. The van der Waals surface area contributed by atoms with Gasteiger partial charge in [0.25, 0.3) is 0 Å². The molecule has 0 fully saturated rings. The minimum Gasteiger partial charge on any atom is -0.392 e. The lowest BCUT2D eigenvalue weighted by atomic mass is 9.92. The highest BCUT2D eigenvalue weighted by Gasteiger charge is 2.14. The number of rotatable bonds is 5. The van der Waals surface area contributed by atoms with E-state index in [1.54, 1.807) is 6.92 Å². The van der Waals surface area contributed by atoms with Gasteiger partial charge in [0.2, 0.25) is 0 Å². The lowest BCUT2D eigenvalue weighted by Crippen LogP contribution is -2.31. The molecule has 90 valence electrons. The molecule has 0 saturated heterocycles. The molecule has 3 atom stereocenters. The van der Waals surface area contributed by atoms with E-state index in [2.05, 4.69) is 6.08 Å². The van der Waals surface area contributed by atoms with E-state index < -0.39 is 6.10 Å². The highest BCUT2D eigenvalue weighted by molar-refractivity contribution is 5.79. The number of aliphatic hydroxyl groups excluding tert-OH is 1. The molecule has 0 bridgehead atoms. The van der Waals surface area contributed by atoms with Gasteiger partial charge in [-0.3, -0.25) is 0 Å². The van der Waals surface area contributed by atoms with Crippen LogP contribution in [0.1, 0.15) is 26.2 Å². The number of hydrogen-bond acceptors (Lipinski definition) is 4. The monoisotopic (exact) mass is 223 g/mol. The molecule has 4 heteroatoms. The van der Waals surface area contributed by atoms with Gasteiger partial charge in [0.15, 0.2) is 0 Å². The third-order valence-electron chi connectivity index (χ3n) is 2.92. The summed E-state index contributed by atoms with van der Waals surface area (Å²) in [5.74, 6) is 0. The zero-order valence-corrected chi connectivity index (χ0v) is 9.69. The van der Waals surface area contributed by atoms with Crippen LogP contribution in [0.2, 0.25) is 0 Å². The lowest BCUT2D eigenvalue weighted by Gasteiger charge is -2.19. The van der Waals surface area contributed by atoms with E-state index in [0.29, 0.717) is 6.42 Å². The topological polar surface area (TPSA) is 96.1 Å². The van der Waals surface area contributed by atoms with Crippen LogP contribution in [0.25, 0.3) is 0 Å². The van der Waals surface area contributed by atoms with Crippen LogP contribution in [0.15, 0.2) is 23.3 Å². The van der Waals surface area contributed by atoms with Crippen LogP contribution in [-0.2, 0) is 0 Å². The molecule has 1 aliphatic carbocycles. The second-order valence-corrected chi connectivity index (χ2v) is 4.38. The Morgan fingerprint density at radius 3 is 2.94 bits per heavy atom. The molecule has 4 nitrogen and oxygen atoms in total. The molecule has 16 heavy (non-hydrogen) atoms. The molecule has 1 aliphatic rings. The molecule has 0 aliphatic heterocycles. The fraction of sp³-hybridized carbons (Fsp3) is 0.583. The number of hydrogen-bond donors (Lipinski definition) is 4. The van der Waals surface area contributed by atoms with Crippen LogP contribution in [0, 0.1) is 5.41 Å². The van der Waals surface area contributed by atoms with Crippen LogP contribution < -0.4 is 11.5 Å². The predicted molar refractivity (Wildman–Crippen MR) is 66.4 cm³/mol. The summed E-state index contributed by atoms with van der Waals surface area (Å²) in [6.07, 6.45) is 7.06. The van der Waals surface area contributed by atoms with E-state index in [1.807, 2.05) is 6.08 Å².